The van der Waals surface area contributed by atoms with Gasteiger partial charge in [-0.1, -0.05) is 12.1 Å². The first kappa shape index (κ1) is 15.0. The van der Waals surface area contributed by atoms with Gasteiger partial charge in [-0.05, 0) is 30.5 Å². The van der Waals surface area contributed by atoms with Crippen molar-refractivity contribution in [3.63, 3.8) is 0 Å². The Bertz CT molecular complexity index is 461. The summed E-state index contributed by atoms with van der Waals surface area (Å²) in [4.78, 5) is 23.9. The molecule has 0 N–H and O–H groups in total. The average molecular weight is 288 g/mol. The smallest absolute Gasteiger partial charge is 0.242 e. The number of aryl methyl sites for hydroxylation is 1. The number of anilines is 1. The second-order valence-electron chi connectivity index (χ2n) is 3.95. The van der Waals surface area contributed by atoms with Crippen molar-refractivity contribution in [2.45, 2.75) is 19.7 Å². The van der Waals surface area contributed by atoms with E-state index in [2.05, 4.69) is 0 Å². The van der Waals surface area contributed by atoms with Gasteiger partial charge >= 0.3 is 0 Å². The molecule has 0 fully saturated rings. The van der Waals surface area contributed by atoms with E-state index in [1.54, 1.807) is 0 Å². The molecule has 1 aromatic carbocycles. The number of amides is 1. The minimum atomic E-state index is -0.290. The number of halogens is 2. The van der Waals surface area contributed by atoms with Crippen LogP contribution in [-0.2, 0) is 15.5 Å². The predicted molar refractivity (Wildman–Crippen MR) is 74.6 cm³/mol. The van der Waals surface area contributed by atoms with Crippen molar-refractivity contribution >= 4 is 41.1 Å². The second kappa shape index (κ2) is 6.76. The third kappa shape index (κ3) is 3.03. The quantitative estimate of drug-likeness (QED) is 0.617. The third-order valence-electron chi connectivity index (χ3n) is 2.83. The molecule has 0 saturated carbocycles. The molecule has 1 amide bonds. The van der Waals surface area contributed by atoms with Gasteiger partial charge in [0.15, 0.2) is 0 Å². The number of alkyl halides is 2. The zero-order chi connectivity index (χ0) is 13.7. The molecule has 0 aromatic heterocycles. The summed E-state index contributed by atoms with van der Waals surface area (Å²) in [5, 5.41) is 0. The van der Waals surface area contributed by atoms with Crippen molar-refractivity contribution in [3.05, 3.63) is 28.8 Å². The van der Waals surface area contributed by atoms with Crippen LogP contribution >= 0.6 is 23.2 Å². The lowest BCUT2D eigenvalue weighted by Crippen LogP contribution is -2.34. The molecule has 0 aliphatic heterocycles. The summed E-state index contributed by atoms with van der Waals surface area (Å²) in [6.45, 7) is 3.78. The Labute approximate surface area is 117 Å². The molecule has 0 aliphatic rings. The molecule has 0 bridgehead atoms. The van der Waals surface area contributed by atoms with Gasteiger partial charge in [0.2, 0.25) is 5.91 Å². The lowest BCUT2D eigenvalue weighted by molar-refractivity contribution is -0.117. The molecule has 3 nitrogen and oxygen atoms in total. The summed E-state index contributed by atoms with van der Waals surface area (Å²) in [5.41, 5.74) is 3.49. The monoisotopic (exact) mass is 287 g/mol. The van der Waals surface area contributed by atoms with Crippen LogP contribution in [0.5, 0.6) is 0 Å². The van der Waals surface area contributed by atoms with Gasteiger partial charge in [-0.2, -0.15) is 0 Å². The number of benzene rings is 1. The van der Waals surface area contributed by atoms with E-state index in [-0.39, 0.29) is 18.3 Å². The fourth-order valence-electron chi connectivity index (χ4n) is 1.90. The van der Waals surface area contributed by atoms with Crippen molar-refractivity contribution in [1.82, 2.24) is 0 Å². The molecule has 0 radical (unpaired) electrons. The van der Waals surface area contributed by atoms with Crippen LogP contribution in [0, 0.1) is 13.8 Å². The van der Waals surface area contributed by atoms with Gasteiger partial charge in [-0.15, -0.1) is 23.2 Å². The van der Waals surface area contributed by atoms with E-state index in [9.17, 15) is 9.59 Å². The fourth-order valence-corrected chi connectivity index (χ4v) is 2.34. The summed E-state index contributed by atoms with van der Waals surface area (Å²) >= 11 is 11.4. The van der Waals surface area contributed by atoms with Gasteiger partial charge in [0.05, 0.1) is 12.2 Å². The Hall–Kier alpha value is -1.06. The summed E-state index contributed by atoms with van der Waals surface area (Å²) in [6.07, 6.45) is 0.691. The highest BCUT2D eigenvalue weighted by atomic mass is 35.5. The van der Waals surface area contributed by atoms with Gasteiger partial charge in [-0.3, -0.25) is 4.79 Å². The number of carbonyl (C=O) groups excluding carboxylic acids is 2. The molecule has 0 unspecified atom stereocenters. The summed E-state index contributed by atoms with van der Waals surface area (Å²) < 4.78 is 0. The molecule has 0 atom stereocenters. The van der Waals surface area contributed by atoms with Gasteiger partial charge in [0, 0.05) is 5.88 Å². The molecular formula is C13H15Cl2NO2. The highest BCUT2D eigenvalue weighted by Crippen LogP contribution is 2.28. The molecule has 18 heavy (non-hydrogen) atoms. The van der Waals surface area contributed by atoms with Crippen LogP contribution in [0.3, 0.4) is 0 Å². The minimum Gasteiger partial charge on any atom is -0.304 e. The third-order valence-corrected chi connectivity index (χ3v) is 3.35. The first-order valence-electron chi connectivity index (χ1n) is 5.51. The summed E-state index contributed by atoms with van der Waals surface area (Å²) in [5.74, 6) is -0.0808. The molecule has 1 rings (SSSR count). The predicted octanol–water partition coefficient (Wildman–Crippen LogP) is 2.81. The lowest BCUT2D eigenvalue weighted by Gasteiger charge is -2.24. The van der Waals surface area contributed by atoms with Gasteiger partial charge in [-0.25, -0.2) is 0 Å². The summed E-state index contributed by atoms with van der Waals surface area (Å²) in [7, 11) is 0. The SMILES string of the molecule is Cc1ccc(CCl)c(C)c1N(CC=O)C(=O)CCl. The summed E-state index contributed by atoms with van der Waals surface area (Å²) in [6, 6.07) is 3.81. The maximum Gasteiger partial charge on any atom is 0.242 e. The van der Waals surface area contributed by atoms with Gasteiger partial charge < -0.3 is 9.69 Å². The van der Waals surface area contributed by atoms with Crippen molar-refractivity contribution in [3.8, 4) is 0 Å². The van der Waals surface area contributed by atoms with Crippen molar-refractivity contribution in [1.29, 1.82) is 0 Å². The molecule has 98 valence electrons. The molecule has 1 aromatic rings. The first-order chi connectivity index (χ1) is 8.56. The molecule has 0 heterocycles. The van der Waals surface area contributed by atoms with Crippen LogP contribution < -0.4 is 4.90 Å². The Morgan fingerprint density at radius 3 is 2.50 bits per heavy atom. The maximum atomic E-state index is 11.8. The van der Waals surface area contributed by atoms with Gasteiger partial charge in [0.25, 0.3) is 0 Å². The fraction of sp³-hybridized carbons (Fsp3) is 0.385. The second-order valence-corrected chi connectivity index (χ2v) is 4.49. The van der Waals surface area contributed by atoms with Crippen molar-refractivity contribution in [2.24, 2.45) is 0 Å². The van der Waals surface area contributed by atoms with Crippen LogP contribution in [0.15, 0.2) is 12.1 Å². The van der Waals surface area contributed by atoms with E-state index in [0.29, 0.717) is 12.2 Å². The molecular weight excluding hydrogens is 273 g/mol. The van der Waals surface area contributed by atoms with E-state index in [4.69, 9.17) is 23.2 Å². The molecule has 0 saturated heterocycles. The Morgan fingerprint density at radius 1 is 1.33 bits per heavy atom. The lowest BCUT2D eigenvalue weighted by atomic mass is 10.0. The highest BCUT2D eigenvalue weighted by Gasteiger charge is 2.19. The van der Waals surface area contributed by atoms with E-state index in [1.165, 1.54) is 4.90 Å². The number of aldehydes is 1. The normalized spacial score (nSPS) is 10.2. The van der Waals surface area contributed by atoms with Crippen LogP contribution in [0.1, 0.15) is 16.7 Å². The van der Waals surface area contributed by atoms with Crippen molar-refractivity contribution < 1.29 is 9.59 Å². The van der Waals surface area contributed by atoms with E-state index in [1.807, 2.05) is 26.0 Å². The topological polar surface area (TPSA) is 37.4 Å². The maximum absolute atomic E-state index is 11.8. The van der Waals surface area contributed by atoms with Crippen LogP contribution in [-0.4, -0.2) is 24.6 Å². The first-order valence-corrected chi connectivity index (χ1v) is 6.58. The van der Waals surface area contributed by atoms with Crippen LogP contribution in [0.4, 0.5) is 5.69 Å². The number of hydrogen-bond donors (Lipinski definition) is 0. The number of rotatable bonds is 5. The van der Waals surface area contributed by atoms with E-state index >= 15 is 0 Å². The van der Waals surface area contributed by atoms with E-state index < -0.39 is 0 Å². The van der Waals surface area contributed by atoms with E-state index in [0.717, 1.165) is 22.4 Å². The average Bonchev–Trinajstić information content (AvgIpc) is 2.37. The highest BCUT2D eigenvalue weighted by molar-refractivity contribution is 6.29. The molecule has 0 aliphatic carbocycles. The van der Waals surface area contributed by atoms with Crippen LogP contribution in [0.25, 0.3) is 0 Å². The van der Waals surface area contributed by atoms with Crippen molar-refractivity contribution in [2.75, 3.05) is 17.3 Å². The van der Waals surface area contributed by atoms with Gasteiger partial charge in [0.1, 0.15) is 12.2 Å². The molecule has 5 heteroatoms. The number of hydrogen-bond acceptors (Lipinski definition) is 2. The number of carbonyl (C=O) groups is 2. The van der Waals surface area contributed by atoms with Crippen LogP contribution in [0.2, 0.25) is 0 Å². The zero-order valence-corrected chi connectivity index (χ0v) is 11.9. The largest absolute Gasteiger partial charge is 0.304 e. The Kier molecular flexibility index (Phi) is 5.63. The zero-order valence-electron chi connectivity index (χ0n) is 10.4. The molecule has 0 spiro atoms. The standard InChI is InChI=1S/C13H15Cl2NO2/c1-9-3-4-11(7-14)10(2)13(9)16(5-6-17)12(18)8-15/h3-4,6H,5,7-8H2,1-2H3. The Balaban J connectivity index is 3.34. The minimum absolute atomic E-state index is 0.00102. The Morgan fingerprint density at radius 2 is 2.00 bits per heavy atom. The number of nitrogens with zero attached hydrogens (tertiary/aromatic N) is 1.